The van der Waals surface area contributed by atoms with E-state index < -0.39 is 35.1 Å². The van der Waals surface area contributed by atoms with E-state index in [1.54, 1.807) is 12.2 Å². The molecular formula is C16H14F4O2. The minimum Gasteiger partial charge on any atom is -0.380 e. The topological polar surface area (TPSA) is 18.5 Å². The first-order valence-corrected chi connectivity index (χ1v) is 6.76. The second-order valence-electron chi connectivity index (χ2n) is 5.39. The maximum atomic E-state index is 14.2. The number of rotatable bonds is 4. The highest BCUT2D eigenvalue weighted by Crippen LogP contribution is 2.50. The van der Waals surface area contributed by atoms with Crippen molar-refractivity contribution in [2.45, 2.75) is 11.8 Å². The van der Waals surface area contributed by atoms with Gasteiger partial charge in [-0.2, -0.15) is 0 Å². The van der Waals surface area contributed by atoms with E-state index in [1.807, 2.05) is 0 Å². The number of halogens is 4. The summed E-state index contributed by atoms with van der Waals surface area (Å²) >= 11 is 0. The van der Waals surface area contributed by atoms with Gasteiger partial charge in [0.2, 0.25) is 0 Å². The Morgan fingerprint density at radius 1 is 0.727 bits per heavy atom. The van der Waals surface area contributed by atoms with Crippen LogP contribution in [0.15, 0.2) is 23.3 Å². The first-order valence-electron chi connectivity index (χ1n) is 6.76. The second-order valence-corrected chi connectivity index (χ2v) is 5.39. The minimum absolute atomic E-state index is 0.143. The molecule has 2 atom stereocenters. The van der Waals surface area contributed by atoms with Crippen LogP contribution in [0.25, 0.3) is 0 Å². The average molecular weight is 314 g/mol. The predicted octanol–water partition coefficient (Wildman–Crippen LogP) is 3.58. The molecule has 118 valence electrons. The SMILES string of the molecule is COCC1=C[C@@H]2C(COC)=C[C@H]1c1c(F)c(F)c(F)c(F)c12. The summed E-state index contributed by atoms with van der Waals surface area (Å²) in [7, 11) is 2.96. The molecule has 2 nitrogen and oxygen atoms in total. The molecule has 6 heteroatoms. The van der Waals surface area contributed by atoms with Crippen LogP contribution in [0.4, 0.5) is 17.6 Å². The molecule has 0 aromatic heterocycles. The molecule has 0 spiro atoms. The van der Waals surface area contributed by atoms with Gasteiger partial charge in [0.15, 0.2) is 23.3 Å². The van der Waals surface area contributed by atoms with Gasteiger partial charge >= 0.3 is 0 Å². The van der Waals surface area contributed by atoms with Gasteiger partial charge < -0.3 is 9.47 Å². The van der Waals surface area contributed by atoms with Gasteiger partial charge in [0.1, 0.15) is 0 Å². The highest BCUT2D eigenvalue weighted by Gasteiger charge is 2.41. The molecule has 22 heavy (non-hydrogen) atoms. The zero-order valence-corrected chi connectivity index (χ0v) is 12.1. The molecule has 0 saturated heterocycles. The van der Waals surface area contributed by atoms with Crippen LogP contribution in [0.3, 0.4) is 0 Å². The van der Waals surface area contributed by atoms with Crippen LogP contribution in [0, 0.1) is 23.3 Å². The smallest absolute Gasteiger partial charge is 0.197 e. The molecule has 0 N–H and O–H groups in total. The second kappa shape index (κ2) is 5.52. The highest BCUT2D eigenvalue weighted by atomic mass is 19.2. The summed E-state index contributed by atoms with van der Waals surface area (Å²) in [5.41, 5.74) is 1.11. The van der Waals surface area contributed by atoms with Gasteiger partial charge in [0.25, 0.3) is 0 Å². The van der Waals surface area contributed by atoms with E-state index in [1.165, 1.54) is 14.2 Å². The Morgan fingerprint density at radius 3 is 1.41 bits per heavy atom. The van der Waals surface area contributed by atoms with Gasteiger partial charge in [-0.3, -0.25) is 0 Å². The Labute approximate surface area is 125 Å². The van der Waals surface area contributed by atoms with Crippen LogP contribution in [0.1, 0.15) is 23.0 Å². The summed E-state index contributed by atoms with van der Waals surface area (Å²) in [4.78, 5) is 0. The van der Waals surface area contributed by atoms with Gasteiger partial charge in [-0.25, -0.2) is 17.6 Å². The number of hydrogen-bond acceptors (Lipinski definition) is 2. The number of methoxy groups -OCH3 is 2. The monoisotopic (exact) mass is 314 g/mol. The molecule has 0 amide bonds. The lowest BCUT2D eigenvalue weighted by Gasteiger charge is -2.37. The Balaban J connectivity index is 2.22. The molecule has 3 aliphatic rings. The van der Waals surface area contributed by atoms with Crippen LogP contribution < -0.4 is 0 Å². The highest BCUT2D eigenvalue weighted by molar-refractivity contribution is 5.58. The Bertz CT molecular complexity index is 635. The molecule has 4 rings (SSSR count). The molecule has 2 bridgehead atoms. The van der Waals surface area contributed by atoms with E-state index in [0.717, 1.165) is 0 Å². The van der Waals surface area contributed by atoms with E-state index in [9.17, 15) is 17.6 Å². The minimum atomic E-state index is -1.78. The summed E-state index contributed by atoms with van der Waals surface area (Å²) in [6.45, 7) is 0.412. The molecule has 0 unspecified atom stereocenters. The molecule has 0 saturated carbocycles. The van der Waals surface area contributed by atoms with Crippen LogP contribution in [-0.2, 0) is 9.47 Å². The van der Waals surface area contributed by atoms with Crippen molar-refractivity contribution >= 4 is 0 Å². The molecule has 0 radical (unpaired) electrons. The van der Waals surface area contributed by atoms with Gasteiger partial charge in [-0.1, -0.05) is 12.2 Å². The third-order valence-electron chi connectivity index (χ3n) is 4.15. The van der Waals surface area contributed by atoms with Crippen molar-refractivity contribution in [3.63, 3.8) is 0 Å². The van der Waals surface area contributed by atoms with Crippen molar-refractivity contribution in [1.29, 1.82) is 0 Å². The Hall–Kier alpha value is -1.66. The average Bonchev–Trinajstić information content (AvgIpc) is 2.51. The third kappa shape index (κ3) is 2.01. The first kappa shape index (κ1) is 15.2. The van der Waals surface area contributed by atoms with Crippen molar-refractivity contribution in [3.8, 4) is 0 Å². The van der Waals surface area contributed by atoms with Crippen molar-refractivity contribution in [2.75, 3.05) is 27.4 Å². The molecule has 0 aliphatic heterocycles. The molecular weight excluding hydrogens is 300 g/mol. The number of hydrogen-bond donors (Lipinski definition) is 0. The molecule has 1 aromatic carbocycles. The third-order valence-corrected chi connectivity index (χ3v) is 4.15. The maximum absolute atomic E-state index is 14.2. The number of allylic oxidation sites excluding steroid dienone is 2. The Morgan fingerprint density at radius 2 is 1.09 bits per heavy atom. The van der Waals surface area contributed by atoms with Crippen LogP contribution >= 0.6 is 0 Å². The molecule has 1 aromatic rings. The lowest BCUT2D eigenvalue weighted by Crippen LogP contribution is -2.28. The summed E-state index contributed by atoms with van der Waals surface area (Å²) in [6, 6.07) is 0. The summed E-state index contributed by atoms with van der Waals surface area (Å²) in [5, 5.41) is 0. The number of ether oxygens (including phenoxy) is 2. The lowest BCUT2D eigenvalue weighted by molar-refractivity contribution is 0.213. The van der Waals surface area contributed by atoms with Gasteiger partial charge in [-0.15, -0.1) is 0 Å². The zero-order valence-electron chi connectivity index (χ0n) is 12.1. The first-order chi connectivity index (χ1) is 10.5. The van der Waals surface area contributed by atoms with E-state index in [4.69, 9.17) is 9.47 Å². The van der Waals surface area contributed by atoms with Crippen LogP contribution in [0.5, 0.6) is 0 Å². The zero-order chi connectivity index (χ0) is 16.0. The van der Waals surface area contributed by atoms with Crippen molar-refractivity contribution < 1.29 is 27.0 Å². The predicted molar refractivity (Wildman–Crippen MR) is 71.7 cm³/mol. The van der Waals surface area contributed by atoms with Crippen LogP contribution in [0.2, 0.25) is 0 Å². The van der Waals surface area contributed by atoms with E-state index in [0.29, 0.717) is 11.1 Å². The fraction of sp³-hybridized carbons (Fsp3) is 0.375. The standard InChI is InChI=1S/C16H14F4O2/c1-21-5-7-3-10-8(6-22-2)4-9(7)11-12(10)14(18)16(20)15(19)13(11)17/h3-4,9-10H,5-6H2,1-2H3/t9-,10-/m1/s1. The quantitative estimate of drug-likeness (QED) is 0.366. The maximum Gasteiger partial charge on any atom is 0.197 e. The normalized spacial score (nSPS) is 22.5. The fourth-order valence-corrected chi connectivity index (χ4v) is 3.27. The summed E-state index contributed by atoms with van der Waals surface area (Å²) in [6.07, 6.45) is 3.43. The van der Waals surface area contributed by atoms with Gasteiger partial charge in [0.05, 0.1) is 13.2 Å². The van der Waals surface area contributed by atoms with Gasteiger partial charge in [-0.05, 0) is 11.1 Å². The van der Waals surface area contributed by atoms with Crippen molar-refractivity contribution in [1.82, 2.24) is 0 Å². The fourth-order valence-electron chi connectivity index (χ4n) is 3.27. The van der Waals surface area contributed by atoms with E-state index in [-0.39, 0.29) is 24.3 Å². The summed E-state index contributed by atoms with van der Waals surface area (Å²) in [5.74, 6) is -7.56. The molecule has 0 fully saturated rings. The largest absolute Gasteiger partial charge is 0.380 e. The number of benzene rings is 1. The van der Waals surface area contributed by atoms with E-state index >= 15 is 0 Å². The molecule has 3 aliphatic carbocycles. The van der Waals surface area contributed by atoms with Crippen molar-refractivity contribution in [3.05, 3.63) is 57.7 Å². The van der Waals surface area contributed by atoms with Crippen LogP contribution in [-0.4, -0.2) is 27.4 Å². The summed E-state index contributed by atoms with van der Waals surface area (Å²) < 4.78 is 65.7. The lowest BCUT2D eigenvalue weighted by atomic mass is 9.68. The van der Waals surface area contributed by atoms with E-state index in [2.05, 4.69) is 0 Å². The molecule has 0 heterocycles. The Kier molecular flexibility index (Phi) is 3.82. The van der Waals surface area contributed by atoms with Gasteiger partial charge in [0, 0.05) is 37.2 Å². The van der Waals surface area contributed by atoms with Crippen molar-refractivity contribution in [2.24, 2.45) is 0 Å².